The van der Waals surface area contributed by atoms with Crippen molar-refractivity contribution in [2.45, 2.75) is 19.4 Å². The van der Waals surface area contributed by atoms with Crippen LogP contribution in [0, 0.1) is 10.1 Å². The number of para-hydroxylation sites is 1. The first kappa shape index (κ1) is 16.1. The van der Waals surface area contributed by atoms with Crippen LogP contribution in [0.4, 0.5) is 5.69 Å². The van der Waals surface area contributed by atoms with Crippen molar-refractivity contribution in [2.75, 3.05) is 6.54 Å². The smallest absolute Gasteiger partial charge is 0.303 e. The summed E-state index contributed by atoms with van der Waals surface area (Å²) in [5.41, 5.74) is 0.722. The van der Waals surface area contributed by atoms with Crippen molar-refractivity contribution >= 4 is 23.0 Å². The number of carbonyl (C=O) groups is 1. The van der Waals surface area contributed by atoms with E-state index in [1.165, 1.54) is 17.4 Å². The molecule has 1 aromatic carbocycles. The standard InChI is InChI=1S/C15H16N2O4S/c18-15(19)6-3-9-16-10-11-7-8-14(22-11)12-4-1-2-5-13(12)17(20)21/h1-2,4-5,7-8,16H,3,6,9-10H2,(H,18,19). The summed E-state index contributed by atoms with van der Waals surface area (Å²) in [6, 6.07) is 10.5. The molecule has 116 valence electrons. The molecule has 7 heteroatoms. The summed E-state index contributed by atoms with van der Waals surface area (Å²) in [4.78, 5) is 23.0. The molecule has 0 fully saturated rings. The minimum absolute atomic E-state index is 0.102. The van der Waals surface area contributed by atoms with Crippen molar-refractivity contribution in [1.29, 1.82) is 0 Å². The fourth-order valence-electron chi connectivity index (χ4n) is 2.04. The van der Waals surface area contributed by atoms with Gasteiger partial charge >= 0.3 is 5.97 Å². The zero-order valence-corrected chi connectivity index (χ0v) is 12.6. The number of carboxylic acids is 1. The second-order valence-electron chi connectivity index (χ2n) is 4.71. The van der Waals surface area contributed by atoms with Crippen LogP contribution in [0.25, 0.3) is 10.4 Å². The van der Waals surface area contributed by atoms with Gasteiger partial charge in [-0.05, 0) is 31.2 Å². The van der Waals surface area contributed by atoms with Crippen molar-refractivity contribution in [1.82, 2.24) is 5.32 Å². The molecule has 0 unspecified atom stereocenters. The molecule has 1 aromatic heterocycles. The van der Waals surface area contributed by atoms with E-state index < -0.39 is 5.97 Å². The Labute approximate surface area is 131 Å². The predicted molar refractivity (Wildman–Crippen MR) is 85.0 cm³/mol. The van der Waals surface area contributed by atoms with E-state index in [2.05, 4.69) is 5.32 Å². The summed E-state index contributed by atoms with van der Waals surface area (Å²) >= 11 is 1.50. The molecule has 0 aliphatic rings. The number of nitrogens with zero attached hydrogens (tertiary/aromatic N) is 1. The quantitative estimate of drug-likeness (QED) is 0.442. The Morgan fingerprint density at radius 2 is 2.05 bits per heavy atom. The summed E-state index contributed by atoms with van der Waals surface area (Å²) in [6.45, 7) is 1.26. The highest BCUT2D eigenvalue weighted by atomic mass is 32.1. The van der Waals surface area contributed by atoms with Gasteiger partial charge in [-0.2, -0.15) is 0 Å². The highest BCUT2D eigenvalue weighted by molar-refractivity contribution is 7.15. The minimum Gasteiger partial charge on any atom is -0.481 e. The first-order valence-electron chi connectivity index (χ1n) is 6.83. The van der Waals surface area contributed by atoms with Crippen LogP contribution in [0.2, 0.25) is 0 Å². The number of nitro benzene ring substituents is 1. The van der Waals surface area contributed by atoms with Crippen LogP contribution in [-0.4, -0.2) is 22.5 Å². The average Bonchev–Trinajstić information content (AvgIpc) is 2.95. The van der Waals surface area contributed by atoms with Gasteiger partial charge in [0, 0.05) is 28.8 Å². The van der Waals surface area contributed by atoms with E-state index in [0.29, 0.717) is 25.1 Å². The molecule has 0 aliphatic heterocycles. The molecule has 0 amide bonds. The first-order valence-corrected chi connectivity index (χ1v) is 7.64. The molecular weight excluding hydrogens is 304 g/mol. The molecule has 2 aromatic rings. The van der Waals surface area contributed by atoms with Crippen LogP contribution in [0.15, 0.2) is 36.4 Å². The van der Waals surface area contributed by atoms with Gasteiger partial charge in [0.1, 0.15) is 0 Å². The second kappa shape index (κ2) is 7.67. The fraction of sp³-hybridized carbons (Fsp3) is 0.267. The van der Waals surface area contributed by atoms with Gasteiger partial charge in [-0.15, -0.1) is 11.3 Å². The molecule has 22 heavy (non-hydrogen) atoms. The second-order valence-corrected chi connectivity index (χ2v) is 5.88. The predicted octanol–water partition coefficient (Wildman–Crippen LogP) is 3.28. The molecule has 0 saturated heterocycles. The lowest BCUT2D eigenvalue weighted by Crippen LogP contribution is -2.14. The molecule has 0 radical (unpaired) electrons. The van der Waals surface area contributed by atoms with Crippen molar-refractivity contribution in [3.63, 3.8) is 0 Å². The Balaban J connectivity index is 1.97. The van der Waals surface area contributed by atoms with E-state index in [9.17, 15) is 14.9 Å². The minimum atomic E-state index is -0.795. The van der Waals surface area contributed by atoms with Crippen molar-refractivity contribution in [2.24, 2.45) is 0 Å². The van der Waals surface area contributed by atoms with Gasteiger partial charge in [0.05, 0.1) is 10.5 Å². The Bertz CT molecular complexity index is 669. The number of carboxylic acid groups (broad SMARTS) is 1. The van der Waals surface area contributed by atoms with Gasteiger partial charge in [0.2, 0.25) is 0 Å². The number of aliphatic carboxylic acids is 1. The molecule has 0 bridgehead atoms. The maximum atomic E-state index is 11.1. The Morgan fingerprint density at radius 1 is 1.27 bits per heavy atom. The Kier molecular flexibility index (Phi) is 5.62. The van der Waals surface area contributed by atoms with Crippen LogP contribution < -0.4 is 5.32 Å². The van der Waals surface area contributed by atoms with E-state index >= 15 is 0 Å². The highest BCUT2D eigenvalue weighted by Crippen LogP contribution is 2.34. The Hall–Kier alpha value is -2.25. The van der Waals surface area contributed by atoms with Crippen molar-refractivity contribution < 1.29 is 14.8 Å². The Morgan fingerprint density at radius 3 is 2.77 bits per heavy atom. The van der Waals surface area contributed by atoms with E-state index in [1.54, 1.807) is 18.2 Å². The maximum Gasteiger partial charge on any atom is 0.303 e. The van der Waals surface area contributed by atoms with Gasteiger partial charge in [0.15, 0.2) is 0 Å². The van der Waals surface area contributed by atoms with Gasteiger partial charge in [-0.3, -0.25) is 14.9 Å². The number of nitrogens with one attached hydrogen (secondary N) is 1. The molecule has 0 aliphatic carbocycles. The van der Waals surface area contributed by atoms with Crippen LogP contribution >= 0.6 is 11.3 Å². The largest absolute Gasteiger partial charge is 0.481 e. The number of thiophene rings is 1. The van der Waals surface area contributed by atoms with E-state index in [1.807, 2.05) is 12.1 Å². The molecule has 6 nitrogen and oxygen atoms in total. The van der Waals surface area contributed by atoms with Crippen LogP contribution in [0.3, 0.4) is 0 Å². The number of hydrogen-bond acceptors (Lipinski definition) is 5. The van der Waals surface area contributed by atoms with Crippen LogP contribution in [0.5, 0.6) is 0 Å². The molecule has 2 N–H and O–H groups in total. The van der Waals surface area contributed by atoms with Crippen LogP contribution in [-0.2, 0) is 11.3 Å². The van der Waals surface area contributed by atoms with Gasteiger partial charge < -0.3 is 10.4 Å². The van der Waals surface area contributed by atoms with Gasteiger partial charge in [-0.25, -0.2) is 0 Å². The summed E-state index contributed by atoms with van der Waals surface area (Å²) in [5, 5.41) is 22.8. The number of nitro groups is 1. The first-order chi connectivity index (χ1) is 10.6. The molecule has 0 saturated carbocycles. The summed E-state index contributed by atoms with van der Waals surface area (Å²) in [7, 11) is 0. The third-order valence-electron chi connectivity index (χ3n) is 3.07. The highest BCUT2D eigenvalue weighted by Gasteiger charge is 2.15. The fourth-order valence-corrected chi connectivity index (χ4v) is 3.05. The SMILES string of the molecule is O=C(O)CCCNCc1ccc(-c2ccccc2[N+](=O)[O-])s1. The molecule has 1 heterocycles. The molecule has 0 atom stereocenters. The van der Waals surface area contributed by atoms with E-state index in [-0.39, 0.29) is 17.0 Å². The monoisotopic (exact) mass is 320 g/mol. The third-order valence-corrected chi connectivity index (χ3v) is 4.19. The zero-order chi connectivity index (χ0) is 15.9. The molecule has 2 rings (SSSR count). The normalized spacial score (nSPS) is 10.5. The summed E-state index contributed by atoms with van der Waals surface area (Å²) < 4.78 is 0. The lowest BCUT2D eigenvalue weighted by Gasteiger charge is -2.01. The maximum absolute atomic E-state index is 11.1. The van der Waals surface area contributed by atoms with E-state index in [4.69, 9.17) is 5.11 Å². The third kappa shape index (κ3) is 4.37. The number of hydrogen-bond donors (Lipinski definition) is 2. The number of benzene rings is 1. The van der Waals surface area contributed by atoms with Gasteiger partial charge in [-0.1, -0.05) is 12.1 Å². The summed E-state index contributed by atoms with van der Waals surface area (Å²) in [6.07, 6.45) is 0.733. The average molecular weight is 320 g/mol. The number of rotatable bonds is 8. The molecule has 0 spiro atoms. The van der Waals surface area contributed by atoms with E-state index in [0.717, 1.165) is 9.75 Å². The van der Waals surface area contributed by atoms with Crippen molar-refractivity contribution in [3.8, 4) is 10.4 Å². The van der Waals surface area contributed by atoms with Crippen molar-refractivity contribution in [3.05, 3.63) is 51.4 Å². The molecular formula is C15H16N2O4S. The van der Waals surface area contributed by atoms with Crippen LogP contribution in [0.1, 0.15) is 17.7 Å². The zero-order valence-electron chi connectivity index (χ0n) is 11.8. The summed E-state index contributed by atoms with van der Waals surface area (Å²) in [5.74, 6) is -0.795. The van der Waals surface area contributed by atoms with Gasteiger partial charge in [0.25, 0.3) is 5.69 Å². The lowest BCUT2D eigenvalue weighted by atomic mass is 10.1. The topological polar surface area (TPSA) is 92.5 Å². The lowest BCUT2D eigenvalue weighted by molar-refractivity contribution is -0.384.